The summed E-state index contributed by atoms with van der Waals surface area (Å²) in [4.78, 5) is 4.76. The van der Waals surface area contributed by atoms with E-state index < -0.39 is 0 Å². The number of fused-ring (bicyclic) bond motifs is 1. The molecule has 0 radical (unpaired) electrons. The number of nitrogens with zero attached hydrogens (tertiary/aromatic N) is 2. The minimum atomic E-state index is 0.287. The van der Waals surface area contributed by atoms with Crippen LogP contribution in [0, 0.1) is 6.92 Å². The molecule has 0 saturated heterocycles. The molecule has 3 rings (SSSR count). The van der Waals surface area contributed by atoms with Gasteiger partial charge in [-0.05, 0) is 50.6 Å². The number of hydrogen-bond acceptors (Lipinski definition) is 2. The molecule has 108 valence electrons. The number of benzene rings is 2. The molecule has 0 atom stereocenters. The summed E-state index contributed by atoms with van der Waals surface area (Å²) < 4.78 is 3.22. The van der Waals surface area contributed by atoms with E-state index in [9.17, 15) is 5.11 Å². The highest BCUT2D eigenvalue weighted by Gasteiger charge is 2.15. The number of phenolic OH excluding ortho intramolecular Hbond substituents is 1. The van der Waals surface area contributed by atoms with E-state index in [2.05, 4.69) is 40.4 Å². The van der Waals surface area contributed by atoms with Crippen LogP contribution in [0.25, 0.3) is 22.4 Å². The van der Waals surface area contributed by atoms with Crippen molar-refractivity contribution in [3.8, 4) is 17.1 Å². The summed E-state index contributed by atoms with van der Waals surface area (Å²) in [6.45, 7) is 6.17. The number of phenols is 1. The maximum atomic E-state index is 9.97. The van der Waals surface area contributed by atoms with Gasteiger partial charge in [-0.3, -0.25) is 0 Å². The number of aryl methyl sites for hydroxylation is 1. The number of hydrogen-bond donors (Lipinski definition) is 1. The Kier molecular flexibility index (Phi) is 3.49. The maximum absolute atomic E-state index is 9.97. The second-order valence-corrected chi connectivity index (χ2v) is 6.45. The third-order valence-corrected chi connectivity index (χ3v) is 4.13. The van der Waals surface area contributed by atoms with Gasteiger partial charge in [-0.25, -0.2) is 4.98 Å². The molecule has 0 fully saturated rings. The first kappa shape index (κ1) is 14.1. The van der Waals surface area contributed by atoms with E-state index in [1.165, 1.54) is 0 Å². The van der Waals surface area contributed by atoms with Crippen LogP contribution in [0.15, 0.2) is 40.9 Å². The van der Waals surface area contributed by atoms with Gasteiger partial charge in [0, 0.05) is 16.1 Å². The van der Waals surface area contributed by atoms with Gasteiger partial charge in [-0.15, -0.1) is 0 Å². The monoisotopic (exact) mass is 344 g/mol. The molecule has 3 nitrogen and oxygen atoms in total. The molecule has 0 unspecified atom stereocenters. The molecule has 1 N–H and O–H groups in total. The Hall–Kier alpha value is -1.81. The Bertz CT molecular complexity index is 821. The topological polar surface area (TPSA) is 38.0 Å². The van der Waals surface area contributed by atoms with Gasteiger partial charge in [0.25, 0.3) is 0 Å². The van der Waals surface area contributed by atoms with Crippen LogP contribution in [-0.4, -0.2) is 14.7 Å². The van der Waals surface area contributed by atoms with Crippen molar-refractivity contribution in [2.24, 2.45) is 0 Å². The van der Waals surface area contributed by atoms with Crippen LogP contribution in [0.2, 0.25) is 0 Å². The highest BCUT2D eigenvalue weighted by molar-refractivity contribution is 9.10. The summed E-state index contributed by atoms with van der Waals surface area (Å²) >= 11 is 3.49. The fraction of sp³-hybridized carbons (Fsp3) is 0.235. The minimum absolute atomic E-state index is 0.287. The van der Waals surface area contributed by atoms with Crippen LogP contribution in [-0.2, 0) is 0 Å². The molecule has 2 aromatic carbocycles. The summed E-state index contributed by atoms with van der Waals surface area (Å²) in [5, 5.41) is 9.97. The average molecular weight is 345 g/mol. The Morgan fingerprint density at radius 2 is 1.90 bits per heavy atom. The third kappa shape index (κ3) is 2.44. The SMILES string of the molecule is Cc1ccc(-c2nc3cc(Br)ccc3n2C(C)C)cc1O. The smallest absolute Gasteiger partial charge is 0.141 e. The first-order chi connectivity index (χ1) is 9.97. The zero-order valence-electron chi connectivity index (χ0n) is 12.3. The molecule has 1 aromatic heterocycles. The van der Waals surface area contributed by atoms with Crippen LogP contribution in [0.5, 0.6) is 5.75 Å². The number of rotatable bonds is 2. The summed E-state index contributed by atoms with van der Waals surface area (Å²) in [5.41, 5.74) is 3.85. The standard InChI is InChI=1S/C17H17BrN2O/c1-10(2)20-15-7-6-13(18)9-14(15)19-17(20)12-5-4-11(3)16(21)8-12/h4-10,21H,1-3H3. The zero-order valence-corrected chi connectivity index (χ0v) is 13.8. The molecule has 0 aliphatic carbocycles. The van der Waals surface area contributed by atoms with E-state index in [-0.39, 0.29) is 6.04 Å². The van der Waals surface area contributed by atoms with Crippen molar-refractivity contribution in [2.75, 3.05) is 0 Å². The minimum Gasteiger partial charge on any atom is -0.508 e. The summed E-state index contributed by atoms with van der Waals surface area (Å²) in [6, 6.07) is 12.1. The van der Waals surface area contributed by atoms with Crippen LogP contribution in [0.1, 0.15) is 25.5 Å². The second kappa shape index (κ2) is 5.19. The zero-order chi connectivity index (χ0) is 15.1. The van der Waals surface area contributed by atoms with E-state index >= 15 is 0 Å². The molecular formula is C17H17BrN2O. The van der Waals surface area contributed by atoms with Crippen molar-refractivity contribution < 1.29 is 5.11 Å². The molecule has 1 heterocycles. The average Bonchev–Trinajstić information content (AvgIpc) is 2.80. The van der Waals surface area contributed by atoms with E-state index in [1.54, 1.807) is 6.07 Å². The normalized spacial score (nSPS) is 11.5. The van der Waals surface area contributed by atoms with Crippen LogP contribution in [0.4, 0.5) is 0 Å². The van der Waals surface area contributed by atoms with Crippen LogP contribution >= 0.6 is 15.9 Å². The summed E-state index contributed by atoms with van der Waals surface area (Å²) in [5.74, 6) is 1.18. The predicted octanol–water partition coefficient (Wildman–Crippen LogP) is 5.06. The van der Waals surface area contributed by atoms with Crippen LogP contribution < -0.4 is 0 Å². The lowest BCUT2D eigenvalue weighted by molar-refractivity contribution is 0.471. The van der Waals surface area contributed by atoms with Gasteiger partial charge in [0.1, 0.15) is 11.6 Å². The largest absolute Gasteiger partial charge is 0.508 e. The van der Waals surface area contributed by atoms with Crippen molar-refractivity contribution >= 4 is 27.0 Å². The first-order valence-corrected chi connectivity index (χ1v) is 7.74. The van der Waals surface area contributed by atoms with E-state index in [1.807, 2.05) is 31.2 Å². The molecule has 0 aliphatic rings. The molecule has 0 bridgehead atoms. The Morgan fingerprint density at radius 1 is 1.14 bits per heavy atom. The first-order valence-electron chi connectivity index (χ1n) is 6.95. The maximum Gasteiger partial charge on any atom is 0.141 e. The lowest BCUT2D eigenvalue weighted by atomic mass is 10.1. The van der Waals surface area contributed by atoms with Crippen molar-refractivity contribution in [3.63, 3.8) is 0 Å². The number of aromatic hydroxyl groups is 1. The van der Waals surface area contributed by atoms with E-state index in [0.29, 0.717) is 5.75 Å². The van der Waals surface area contributed by atoms with Gasteiger partial charge in [-0.2, -0.15) is 0 Å². The van der Waals surface area contributed by atoms with Crippen molar-refractivity contribution in [1.82, 2.24) is 9.55 Å². The number of aromatic nitrogens is 2. The molecule has 0 saturated carbocycles. The highest BCUT2D eigenvalue weighted by Crippen LogP contribution is 2.32. The van der Waals surface area contributed by atoms with Gasteiger partial charge < -0.3 is 9.67 Å². The number of imidazole rings is 1. The highest BCUT2D eigenvalue weighted by atomic mass is 79.9. The fourth-order valence-corrected chi connectivity index (χ4v) is 2.90. The predicted molar refractivity (Wildman–Crippen MR) is 89.7 cm³/mol. The molecule has 21 heavy (non-hydrogen) atoms. The lowest BCUT2D eigenvalue weighted by Crippen LogP contribution is -2.03. The Labute approximate surface area is 132 Å². The van der Waals surface area contributed by atoms with E-state index in [4.69, 9.17) is 4.98 Å². The van der Waals surface area contributed by atoms with Crippen LogP contribution in [0.3, 0.4) is 0 Å². The molecule has 0 spiro atoms. The fourth-order valence-electron chi connectivity index (χ4n) is 2.55. The molecule has 4 heteroatoms. The van der Waals surface area contributed by atoms with Gasteiger partial charge >= 0.3 is 0 Å². The van der Waals surface area contributed by atoms with Gasteiger partial charge in [-0.1, -0.05) is 28.1 Å². The molecule has 3 aromatic rings. The summed E-state index contributed by atoms with van der Waals surface area (Å²) in [7, 11) is 0. The van der Waals surface area contributed by atoms with Gasteiger partial charge in [0.2, 0.25) is 0 Å². The second-order valence-electron chi connectivity index (χ2n) is 5.53. The van der Waals surface area contributed by atoms with Gasteiger partial charge in [0.05, 0.1) is 11.0 Å². The van der Waals surface area contributed by atoms with Crippen molar-refractivity contribution in [2.45, 2.75) is 26.8 Å². The lowest BCUT2D eigenvalue weighted by Gasteiger charge is -2.13. The Morgan fingerprint density at radius 3 is 2.57 bits per heavy atom. The third-order valence-electron chi connectivity index (χ3n) is 3.64. The molecular weight excluding hydrogens is 328 g/mol. The molecule has 0 aliphatic heterocycles. The Balaban J connectivity index is 2.30. The number of halogens is 1. The van der Waals surface area contributed by atoms with Crippen molar-refractivity contribution in [3.05, 3.63) is 46.4 Å². The van der Waals surface area contributed by atoms with Crippen molar-refractivity contribution in [1.29, 1.82) is 0 Å². The van der Waals surface area contributed by atoms with E-state index in [0.717, 1.165) is 32.5 Å². The van der Waals surface area contributed by atoms with Gasteiger partial charge in [0.15, 0.2) is 0 Å². The molecule has 0 amide bonds. The summed E-state index contributed by atoms with van der Waals surface area (Å²) in [6.07, 6.45) is 0. The quantitative estimate of drug-likeness (QED) is 0.705.